The molecule has 10 heteroatoms. The van der Waals surface area contributed by atoms with Crippen molar-refractivity contribution in [3.05, 3.63) is 70.8 Å². The first-order valence-corrected chi connectivity index (χ1v) is 13.8. The lowest BCUT2D eigenvalue weighted by atomic mass is 9.92. The Bertz CT molecular complexity index is 1480. The van der Waals surface area contributed by atoms with Crippen LogP contribution < -0.4 is 18.9 Å². The van der Waals surface area contributed by atoms with Crippen molar-refractivity contribution in [2.75, 3.05) is 28.1 Å². The van der Waals surface area contributed by atoms with Gasteiger partial charge in [0.1, 0.15) is 22.9 Å². The molecule has 0 N–H and O–H groups in total. The van der Waals surface area contributed by atoms with Crippen molar-refractivity contribution in [2.24, 2.45) is 0 Å². The molecule has 1 aliphatic rings. The number of benzene rings is 2. The maximum Gasteiger partial charge on any atom is 0.420 e. The van der Waals surface area contributed by atoms with Gasteiger partial charge in [0, 0.05) is 36.2 Å². The number of methoxy groups -OCH3 is 3. The largest absolute Gasteiger partial charge is 0.497 e. The van der Waals surface area contributed by atoms with Gasteiger partial charge in [0.15, 0.2) is 11.5 Å². The maximum absolute atomic E-state index is 13.5. The van der Waals surface area contributed by atoms with Gasteiger partial charge in [0.2, 0.25) is 6.79 Å². The minimum absolute atomic E-state index is 0.134. The highest BCUT2D eigenvalue weighted by Crippen LogP contribution is 2.39. The minimum atomic E-state index is -0.710. The molecular formula is C32H38N2O8. The molecule has 0 amide bonds. The van der Waals surface area contributed by atoms with Crippen molar-refractivity contribution in [3.63, 3.8) is 0 Å². The van der Waals surface area contributed by atoms with Crippen LogP contribution in [0.4, 0.5) is 4.79 Å². The van der Waals surface area contributed by atoms with Crippen LogP contribution >= 0.6 is 0 Å². The van der Waals surface area contributed by atoms with Crippen molar-refractivity contribution in [3.8, 4) is 23.0 Å². The summed E-state index contributed by atoms with van der Waals surface area (Å²) >= 11 is 0. The van der Waals surface area contributed by atoms with Crippen molar-refractivity contribution in [1.82, 2.24) is 9.55 Å². The number of aromatic nitrogens is 2. The first-order valence-electron chi connectivity index (χ1n) is 13.8. The number of hydrogen-bond acceptors (Lipinski definition) is 9. The fourth-order valence-corrected chi connectivity index (χ4v) is 4.62. The Balaban J connectivity index is 1.97. The topological polar surface area (TPSA) is 107 Å². The second-order valence-electron chi connectivity index (χ2n) is 10.8. The molecule has 4 rings (SSSR count). The molecule has 2 aromatic carbocycles. The number of imidazole rings is 1. The Kier molecular flexibility index (Phi) is 9.45. The molecule has 224 valence electrons. The van der Waals surface area contributed by atoms with Gasteiger partial charge in [-0.3, -0.25) is 0 Å². The van der Waals surface area contributed by atoms with Crippen LogP contribution in [0.5, 0.6) is 23.0 Å². The number of aryl methyl sites for hydroxylation is 1. The van der Waals surface area contributed by atoms with Crippen molar-refractivity contribution in [1.29, 1.82) is 0 Å². The van der Waals surface area contributed by atoms with Gasteiger partial charge in [-0.25, -0.2) is 19.1 Å². The van der Waals surface area contributed by atoms with Crippen molar-refractivity contribution in [2.45, 2.75) is 59.0 Å². The maximum atomic E-state index is 13.5. The third kappa shape index (κ3) is 6.87. The second-order valence-corrected chi connectivity index (χ2v) is 10.8. The summed E-state index contributed by atoms with van der Waals surface area (Å²) in [6.07, 6.45) is 3.49. The average molecular weight is 579 g/mol. The number of nitrogens with zero attached hydrogens (tertiary/aromatic N) is 2. The molecule has 1 aliphatic heterocycles. The van der Waals surface area contributed by atoms with Gasteiger partial charge < -0.3 is 28.4 Å². The molecule has 0 saturated heterocycles. The molecule has 0 radical (unpaired) electrons. The standard InChI is InChI=1S/C32H38N2O8/c1-8-9-10-28-33-24(18-34(28)31(36)42-32(2,3)4)29(22-13-12-21(37-5)17-26(22)38-6)23(30(35)39-7)15-20-11-14-25-27(16-20)41-19-40-25/h11-14,16-18H,8-10,15,19H2,1-7H3. The van der Waals surface area contributed by atoms with Crippen LogP contribution in [0, 0.1) is 0 Å². The highest BCUT2D eigenvalue weighted by Gasteiger charge is 2.28. The number of rotatable bonds is 10. The van der Waals surface area contributed by atoms with E-state index in [-0.39, 0.29) is 13.2 Å². The van der Waals surface area contributed by atoms with Crippen molar-refractivity contribution >= 4 is 17.6 Å². The van der Waals surface area contributed by atoms with E-state index >= 15 is 0 Å². The number of fused-ring (bicyclic) bond motifs is 1. The molecule has 10 nitrogen and oxygen atoms in total. The molecule has 0 spiro atoms. The summed E-state index contributed by atoms with van der Waals surface area (Å²) in [5, 5.41) is 0. The van der Waals surface area contributed by atoms with Crippen molar-refractivity contribution < 1.29 is 38.0 Å². The summed E-state index contributed by atoms with van der Waals surface area (Å²) < 4.78 is 34.6. The monoisotopic (exact) mass is 578 g/mol. The number of hydrogen-bond donors (Lipinski definition) is 0. The normalized spacial score (nSPS) is 12.9. The van der Waals surface area contributed by atoms with Gasteiger partial charge in [-0.2, -0.15) is 0 Å². The summed E-state index contributed by atoms with van der Waals surface area (Å²) in [6, 6.07) is 10.8. The Hall–Kier alpha value is -4.47. The molecule has 0 saturated carbocycles. The SMILES string of the molecule is CCCCc1nc(C(=C(Cc2ccc3c(c2)OCO3)C(=O)OC)c2ccc(OC)cc2OC)cn1C(=O)OC(C)(C)C. The Morgan fingerprint density at radius 2 is 1.76 bits per heavy atom. The Morgan fingerprint density at radius 1 is 1.00 bits per heavy atom. The van der Waals surface area contributed by atoms with Crippen LogP contribution in [0.25, 0.3) is 5.57 Å². The van der Waals surface area contributed by atoms with Crippen LogP contribution in [0.3, 0.4) is 0 Å². The molecule has 0 bridgehead atoms. The number of carbonyl (C=O) groups is 2. The highest BCUT2D eigenvalue weighted by molar-refractivity contribution is 6.02. The van der Waals surface area contributed by atoms with Gasteiger partial charge >= 0.3 is 12.1 Å². The zero-order chi connectivity index (χ0) is 30.4. The van der Waals surface area contributed by atoms with Crippen LogP contribution in [0.15, 0.2) is 48.2 Å². The van der Waals surface area contributed by atoms with E-state index in [0.717, 1.165) is 18.4 Å². The summed E-state index contributed by atoms with van der Waals surface area (Å²) in [5.41, 5.74) is 1.84. The molecule has 3 aromatic rings. The summed E-state index contributed by atoms with van der Waals surface area (Å²) in [5.74, 6) is 2.24. The van der Waals surface area contributed by atoms with Gasteiger partial charge in [0.25, 0.3) is 0 Å². The minimum Gasteiger partial charge on any atom is -0.497 e. The van der Waals surface area contributed by atoms with Crippen LogP contribution in [-0.4, -0.2) is 55.3 Å². The van der Waals surface area contributed by atoms with E-state index in [1.807, 2.05) is 32.9 Å². The summed E-state index contributed by atoms with van der Waals surface area (Å²) in [7, 11) is 4.43. The number of ether oxygens (including phenoxy) is 6. The number of unbranched alkanes of at least 4 members (excludes halogenated alkanes) is 1. The lowest BCUT2D eigenvalue weighted by Gasteiger charge is -2.20. The summed E-state index contributed by atoms with van der Waals surface area (Å²) in [4.78, 5) is 31.7. The predicted molar refractivity (Wildman–Crippen MR) is 156 cm³/mol. The fourth-order valence-electron chi connectivity index (χ4n) is 4.62. The van der Waals surface area contributed by atoms with E-state index in [4.69, 9.17) is 33.4 Å². The van der Waals surface area contributed by atoms with Gasteiger partial charge in [0.05, 0.1) is 32.6 Å². The number of carbonyl (C=O) groups excluding carboxylic acids is 2. The zero-order valence-corrected chi connectivity index (χ0v) is 25.2. The molecule has 0 aliphatic carbocycles. The van der Waals surface area contributed by atoms with E-state index in [1.165, 1.54) is 18.8 Å². The lowest BCUT2D eigenvalue weighted by molar-refractivity contribution is -0.136. The third-order valence-electron chi connectivity index (χ3n) is 6.61. The number of esters is 1. The van der Waals surface area contributed by atoms with Crippen LogP contribution in [0.1, 0.15) is 63.2 Å². The van der Waals surface area contributed by atoms with Crippen LogP contribution in [0.2, 0.25) is 0 Å². The van der Waals surface area contributed by atoms with E-state index in [0.29, 0.717) is 57.6 Å². The summed E-state index contributed by atoms with van der Waals surface area (Å²) in [6.45, 7) is 7.62. The van der Waals surface area contributed by atoms with Gasteiger partial charge in [-0.1, -0.05) is 19.4 Å². The third-order valence-corrected chi connectivity index (χ3v) is 6.61. The van der Waals surface area contributed by atoms with E-state index in [2.05, 4.69) is 6.92 Å². The second kappa shape index (κ2) is 13.0. The molecule has 0 atom stereocenters. The molecular weight excluding hydrogens is 540 g/mol. The van der Waals surface area contributed by atoms with Gasteiger partial charge in [-0.15, -0.1) is 0 Å². The van der Waals surface area contributed by atoms with Crippen LogP contribution in [-0.2, 0) is 27.1 Å². The molecule has 42 heavy (non-hydrogen) atoms. The molecule has 2 heterocycles. The fraction of sp³-hybridized carbons (Fsp3) is 0.406. The molecule has 1 aromatic heterocycles. The molecule has 0 unspecified atom stereocenters. The lowest BCUT2D eigenvalue weighted by Crippen LogP contribution is -2.27. The molecule has 0 fully saturated rings. The quantitative estimate of drug-likeness (QED) is 0.212. The zero-order valence-electron chi connectivity index (χ0n) is 25.2. The average Bonchev–Trinajstić information content (AvgIpc) is 3.61. The predicted octanol–water partition coefficient (Wildman–Crippen LogP) is 5.97. The first kappa shape index (κ1) is 30.5. The first-order chi connectivity index (χ1) is 20.1. The van der Waals surface area contributed by atoms with Gasteiger partial charge in [-0.05, 0) is 57.0 Å². The van der Waals surface area contributed by atoms with E-state index in [1.54, 1.807) is 37.6 Å². The highest BCUT2D eigenvalue weighted by atomic mass is 16.7. The Labute approximate surface area is 246 Å². The van der Waals surface area contributed by atoms with E-state index in [9.17, 15) is 9.59 Å². The smallest absolute Gasteiger partial charge is 0.420 e. The Morgan fingerprint density at radius 3 is 2.43 bits per heavy atom. The van der Waals surface area contributed by atoms with E-state index < -0.39 is 17.7 Å².